The smallest absolute Gasteiger partial charge is 0.255 e. The van der Waals surface area contributed by atoms with Crippen LogP contribution in [0, 0.1) is 6.92 Å². The fourth-order valence-electron chi connectivity index (χ4n) is 2.55. The number of carbonyl (C=O) groups excluding carboxylic acids is 1. The second-order valence-electron chi connectivity index (χ2n) is 5.47. The van der Waals surface area contributed by atoms with Gasteiger partial charge in [-0.2, -0.15) is 14.5 Å². The number of piperazine rings is 1. The van der Waals surface area contributed by atoms with Crippen molar-refractivity contribution in [3.8, 4) is 0 Å². The Hall–Kier alpha value is -2.39. The molecule has 0 saturated carbocycles. The van der Waals surface area contributed by atoms with E-state index in [1.165, 1.54) is 29.0 Å². The van der Waals surface area contributed by atoms with Crippen LogP contribution in [0.4, 0.5) is 0 Å². The highest BCUT2D eigenvalue weighted by molar-refractivity contribution is 7.89. The molecule has 1 aliphatic heterocycles. The molecular weight excluding hydrogens is 330 g/mol. The molecule has 0 radical (unpaired) electrons. The van der Waals surface area contributed by atoms with E-state index in [-0.39, 0.29) is 23.9 Å². The number of sulfonamides is 1. The van der Waals surface area contributed by atoms with E-state index in [0.717, 1.165) is 0 Å². The molecule has 0 N–H and O–H groups in total. The number of hydrogen-bond acceptors (Lipinski definition) is 6. The summed E-state index contributed by atoms with van der Waals surface area (Å²) in [5.74, 6) is -0.161. The summed E-state index contributed by atoms with van der Waals surface area (Å²) in [6.07, 6.45) is 4.28. The average molecular weight is 347 g/mol. The third-order valence-corrected chi connectivity index (χ3v) is 5.70. The van der Waals surface area contributed by atoms with Gasteiger partial charge in [0.1, 0.15) is 4.90 Å². The maximum absolute atomic E-state index is 12.5. The molecule has 2 aromatic heterocycles. The monoisotopic (exact) mass is 347 g/mol. The molecule has 24 heavy (non-hydrogen) atoms. The molecule has 0 bridgehead atoms. The van der Waals surface area contributed by atoms with Gasteiger partial charge in [-0.1, -0.05) is 0 Å². The van der Waals surface area contributed by atoms with Crippen LogP contribution in [0.5, 0.6) is 0 Å². The average Bonchev–Trinajstić information content (AvgIpc) is 2.62. The number of amides is 1. The van der Waals surface area contributed by atoms with Crippen LogP contribution < -0.4 is 0 Å². The summed E-state index contributed by atoms with van der Waals surface area (Å²) in [4.78, 5) is 18.1. The molecule has 3 heterocycles. The van der Waals surface area contributed by atoms with Crippen LogP contribution >= 0.6 is 0 Å². The van der Waals surface area contributed by atoms with Crippen LogP contribution in [0.25, 0.3) is 0 Å². The van der Waals surface area contributed by atoms with Gasteiger partial charge in [-0.05, 0) is 25.1 Å². The van der Waals surface area contributed by atoms with Gasteiger partial charge in [0.25, 0.3) is 5.91 Å². The van der Waals surface area contributed by atoms with E-state index in [0.29, 0.717) is 24.3 Å². The lowest BCUT2D eigenvalue weighted by atomic mass is 10.2. The molecule has 126 valence electrons. The lowest BCUT2D eigenvalue weighted by molar-refractivity contribution is 0.0697. The molecule has 0 aromatic carbocycles. The van der Waals surface area contributed by atoms with Crippen molar-refractivity contribution in [3.05, 3.63) is 48.0 Å². The zero-order valence-electron chi connectivity index (χ0n) is 13.2. The minimum atomic E-state index is -3.57. The Bertz CT molecular complexity index is 833. The largest absolute Gasteiger partial charge is 0.336 e. The molecule has 8 nitrogen and oxygen atoms in total. The second kappa shape index (κ2) is 6.62. The van der Waals surface area contributed by atoms with Crippen molar-refractivity contribution >= 4 is 15.9 Å². The summed E-state index contributed by atoms with van der Waals surface area (Å²) in [6, 6.07) is 4.78. The predicted octanol–water partition coefficient (Wildman–Crippen LogP) is 0.327. The minimum absolute atomic E-state index is 0.161. The Morgan fingerprint density at radius 1 is 1.17 bits per heavy atom. The zero-order chi connectivity index (χ0) is 17.2. The summed E-state index contributed by atoms with van der Waals surface area (Å²) in [5, 5.41) is 7.61. The fourth-order valence-corrected chi connectivity index (χ4v) is 3.94. The lowest BCUT2D eigenvalue weighted by Crippen LogP contribution is -2.50. The van der Waals surface area contributed by atoms with Crippen LogP contribution in [0.15, 0.2) is 41.7 Å². The Morgan fingerprint density at radius 2 is 1.92 bits per heavy atom. The quantitative estimate of drug-likeness (QED) is 0.794. The first-order valence-electron chi connectivity index (χ1n) is 7.47. The number of nitrogens with zero attached hydrogens (tertiary/aromatic N) is 5. The van der Waals surface area contributed by atoms with Gasteiger partial charge in [-0.15, -0.1) is 0 Å². The van der Waals surface area contributed by atoms with Gasteiger partial charge in [0.05, 0.1) is 17.5 Å². The summed E-state index contributed by atoms with van der Waals surface area (Å²) in [5.41, 5.74) is 1.13. The van der Waals surface area contributed by atoms with E-state index in [1.54, 1.807) is 24.0 Å². The summed E-state index contributed by atoms with van der Waals surface area (Å²) < 4.78 is 26.5. The Kier molecular flexibility index (Phi) is 4.54. The Balaban J connectivity index is 1.69. The number of aromatic nitrogens is 3. The highest BCUT2D eigenvalue weighted by atomic mass is 32.2. The molecule has 1 fully saturated rings. The summed E-state index contributed by atoms with van der Waals surface area (Å²) in [7, 11) is -3.57. The maximum atomic E-state index is 12.5. The SMILES string of the molecule is Cc1cc(C(=O)N2CCN(S(=O)(=O)c3cccnc3)CC2)cnn1. The van der Waals surface area contributed by atoms with Crippen LogP contribution in [-0.2, 0) is 10.0 Å². The standard InChI is InChI=1S/C15H17N5O3S/c1-12-9-13(10-17-18-12)15(21)19-5-7-20(8-6-19)24(22,23)14-3-2-4-16-11-14/h2-4,9-11H,5-8H2,1H3. The van der Waals surface area contributed by atoms with E-state index >= 15 is 0 Å². The van der Waals surface area contributed by atoms with Crippen molar-refractivity contribution in [1.29, 1.82) is 0 Å². The van der Waals surface area contributed by atoms with Crippen molar-refractivity contribution in [2.24, 2.45) is 0 Å². The maximum Gasteiger partial charge on any atom is 0.255 e. The Morgan fingerprint density at radius 3 is 2.54 bits per heavy atom. The third kappa shape index (κ3) is 3.26. The van der Waals surface area contributed by atoms with Crippen LogP contribution in [0.1, 0.15) is 16.1 Å². The topological polar surface area (TPSA) is 96.4 Å². The number of rotatable bonds is 3. The highest BCUT2D eigenvalue weighted by Crippen LogP contribution is 2.17. The van der Waals surface area contributed by atoms with Crippen molar-refractivity contribution < 1.29 is 13.2 Å². The van der Waals surface area contributed by atoms with E-state index in [4.69, 9.17) is 0 Å². The molecule has 0 atom stereocenters. The summed E-state index contributed by atoms with van der Waals surface area (Å²) >= 11 is 0. The highest BCUT2D eigenvalue weighted by Gasteiger charge is 2.30. The van der Waals surface area contributed by atoms with E-state index in [1.807, 2.05) is 0 Å². The van der Waals surface area contributed by atoms with Crippen LogP contribution in [0.2, 0.25) is 0 Å². The zero-order valence-corrected chi connectivity index (χ0v) is 14.0. The van der Waals surface area contributed by atoms with Crippen molar-refractivity contribution in [1.82, 2.24) is 24.4 Å². The van der Waals surface area contributed by atoms with Gasteiger partial charge in [0.15, 0.2) is 0 Å². The van der Waals surface area contributed by atoms with Crippen LogP contribution in [0.3, 0.4) is 0 Å². The van der Waals surface area contributed by atoms with Gasteiger partial charge in [0.2, 0.25) is 10.0 Å². The predicted molar refractivity (Wildman–Crippen MR) is 85.7 cm³/mol. The number of aryl methyl sites for hydroxylation is 1. The van der Waals surface area contributed by atoms with Crippen LogP contribution in [-0.4, -0.2) is 64.9 Å². The van der Waals surface area contributed by atoms with Crippen molar-refractivity contribution in [2.75, 3.05) is 26.2 Å². The van der Waals surface area contributed by atoms with E-state index < -0.39 is 10.0 Å². The minimum Gasteiger partial charge on any atom is -0.336 e. The fraction of sp³-hybridized carbons (Fsp3) is 0.333. The lowest BCUT2D eigenvalue weighted by Gasteiger charge is -2.33. The third-order valence-electron chi connectivity index (χ3n) is 3.82. The molecular formula is C15H17N5O3S. The Labute approximate surface area is 140 Å². The normalized spacial score (nSPS) is 16.1. The van der Waals surface area contributed by atoms with Gasteiger partial charge in [-0.3, -0.25) is 9.78 Å². The molecule has 1 amide bonds. The molecule has 1 saturated heterocycles. The molecule has 1 aliphatic rings. The molecule has 0 unspecified atom stereocenters. The number of pyridine rings is 1. The molecule has 3 rings (SSSR count). The van der Waals surface area contributed by atoms with Gasteiger partial charge < -0.3 is 4.90 Å². The van der Waals surface area contributed by atoms with Crippen molar-refractivity contribution in [3.63, 3.8) is 0 Å². The van der Waals surface area contributed by atoms with Crippen molar-refractivity contribution in [2.45, 2.75) is 11.8 Å². The molecule has 0 spiro atoms. The number of carbonyl (C=O) groups is 1. The first-order valence-corrected chi connectivity index (χ1v) is 8.91. The molecule has 2 aromatic rings. The summed E-state index contributed by atoms with van der Waals surface area (Å²) in [6.45, 7) is 2.93. The first kappa shape index (κ1) is 16.5. The first-order chi connectivity index (χ1) is 11.5. The second-order valence-corrected chi connectivity index (χ2v) is 7.41. The van der Waals surface area contributed by atoms with E-state index in [9.17, 15) is 13.2 Å². The van der Waals surface area contributed by atoms with Gasteiger partial charge in [-0.25, -0.2) is 8.42 Å². The molecule has 0 aliphatic carbocycles. The van der Waals surface area contributed by atoms with Gasteiger partial charge in [0, 0.05) is 38.6 Å². The number of hydrogen-bond donors (Lipinski definition) is 0. The van der Waals surface area contributed by atoms with E-state index in [2.05, 4.69) is 15.2 Å². The van der Waals surface area contributed by atoms with Gasteiger partial charge >= 0.3 is 0 Å². The molecule has 9 heteroatoms.